The van der Waals surface area contributed by atoms with Gasteiger partial charge in [-0.15, -0.1) is 0 Å². The summed E-state index contributed by atoms with van der Waals surface area (Å²) in [6.45, 7) is 0.780. The Bertz CT molecular complexity index is 326. The van der Waals surface area contributed by atoms with Crippen molar-refractivity contribution in [3.8, 4) is 0 Å². The normalized spacial score (nSPS) is 9.67. The lowest BCUT2D eigenvalue weighted by Gasteiger charge is -2.03. The van der Waals surface area contributed by atoms with Crippen LogP contribution in [0.3, 0.4) is 0 Å². The summed E-state index contributed by atoms with van der Waals surface area (Å²) in [5.41, 5.74) is 7.78. The summed E-state index contributed by atoms with van der Waals surface area (Å²) in [4.78, 5) is 0. The molecule has 2 heteroatoms. The first-order valence-corrected chi connectivity index (χ1v) is 5.78. The highest BCUT2D eigenvalue weighted by Gasteiger charge is 1.99. The fourth-order valence-electron chi connectivity index (χ4n) is 1.52. The third kappa shape index (κ3) is 4.39. The van der Waals surface area contributed by atoms with Crippen LogP contribution >= 0.6 is 12.2 Å². The standard InChI is InChI=1S/C13H17NS/c14-10-6-2-5-9-13(11-15)12-7-3-1-4-8-12/h1,3-4,7-8H,2,5-6,9-10,14H2. The predicted octanol–water partition coefficient (Wildman–Crippen LogP) is 3.19. The molecule has 0 heterocycles. The third-order valence-corrected chi connectivity index (χ3v) is 2.62. The van der Waals surface area contributed by atoms with Gasteiger partial charge in [0.15, 0.2) is 0 Å². The first-order valence-electron chi connectivity index (χ1n) is 5.38. The maximum absolute atomic E-state index is 5.45. The second-order valence-electron chi connectivity index (χ2n) is 3.55. The number of benzene rings is 1. The van der Waals surface area contributed by atoms with Crippen molar-refractivity contribution in [2.45, 2.75) is 25.7 Å². The molecular formula is C13H17NS. The molecule has 0 aliphatic rings. The molecule has 0 fully saturated rings. The zero-order valence-electron chi connectivity index (χ0n) is 8.91. The first-order chi connectivity index (χ1) is 7.38. The van der Waals surface area contributed by atoms with E-state index in [9.17, 15) is 0 Å². The van der Waals surface area contributed by atoms with Crippen LogP contribution in [-0.2, 0) is 0 Å². The molecule has 1 rings (SSSR count). The summed E-state index contributed by atoms with van der Waals surface area (Å²) in [5, 5.41) is 2.86. The molecule has 15 heavy (non-hydrogen) atoms. The van der Waals surface area contributed by atoms with Crippen LogP contribution in [0.25, 0.3) is 5.57 Å². The number of nitrogens with two attached hydrogens (primary N) is 1. The van der Waals surface area contributed by atoms with Gasteiger partial charge in [-0.2, -0.15) is 0 Å². The van der Waals surface area contributed by atoms with Crippen LogP contribution in [0, 0.1) is 0 Å². The first kappa shape index (κ1) is 12.1. The maximum atomic E-state index is 5.45. The minimum atomic E-state index is 0.780. The average molecular weight is 219 g/mol. The molecule has 2 N–H and O–H groups in total. The van der Waals surface area contributed by atoms with Gasteiger partial charge < -0.3 is 5.73 Å². The van der Waals surface area contributed by atoms with E-state index in [0.717, 1.165) is 31.4 Å². The monoisotopic (exact) mass is 219 g/mol. The SMILES string of the molecule is NCCCCCC(=C=S)c1ccccc1. The van der Waals surface area contributed by atoms with Crippen LogP contribution in [0.1, 0.15) is 31.2 Å². The number of thiocarbonyl (C=S) groups is 1. The number of hydrogen-bond acceptors (Lipinski definition) is 2. The van der Waals surface area contributed by atoms with Crippen molar-refractivity contribution in [1.82, 2.24) is 0 Å². The van der Waals surface area contributed by atoms with Crippen molar-refractivity contribution in [1.29, 1.82) is 0 Å². The third-order valence-electron chi connectivity index (χ3n) is 2.38. The second-order valence-corrected chi connectivity index (χ2v) is 3.75. The molecule has 80 valence electrons. The van der Waals surface area contributed by atoms with Crippen molar-refractivity contribution < 1.29 is 0 Å². The van der Waals surface area contributed by atoms with Gasteiger partial charge in [-0.3, -0.25) is 0 Å². The minimum absolute atomic E-state index is 0.780. The Hall–Kier alpha value is -0.950. The quantitative estimate of drug-likeness (QED) is 0.587. The molecule has 0 saturated carbocycles. The summed E-state index contributed by atoms with van der Waals surface area (Å²) in [6, 6.07) is 10.2. The molecule has 0 spiro atoms. The molecule has 0 aliphatic carbocycles. The Morgan fingerprint density at radius 1 is 1.13 bits per heavy atom. The molecule has 1 aromatic rings. The summed E-state index contributed by atoms with van der Waals surface area (Å²) < 4.78 is 0. The van der Waals surface area contributed by atoms with Crippen LogP contribution in [0.4, 0.5) is 0 Å². The van der Waals surface area contributed by atoms with E-state index in [1.807, 2.05) is 18.2 Å². The Labute approximate surface area is 97.0 Å². The summed E-state index contributed by atoms with van der Waals surface area (Å²) in [5.74, 6) is 0. The molecule has 0 aromatic heterocycles. The van der Waals surface area contributed by atoms with Crippen LogP contribution < -0.4 is 5.73 Å². The van der Waals surface area contributed by atoms with Gasteiger partial charge in [-0.1, -0.05) is 36.8 Å². The fourth-order valence-corrected chi connectivity index (χ4v) is 1.74. The van der Waals surface area contributed by atoms with Gasteiger partial charge >= 0.3 is 0 Å². The highest BCUT2D eigenvalue weighted by molar-refractivity contribution is 7.78. The van der Waals surface area contributed by atoms with Crippen LogP contribution in [0.5, 0.6) is 0 Å². The van der Waals surface area contributed by atoms with Crippen molar-refractivity contribution in [3.63, 3.8) is 0 Å². The van der Waals surface area contributed by atoms with Crippen LogP contribution in [0.15, 0.2) is 30.3 Å². The van der Waals surface area contributed by atoms with Gasteiger partial charge in [0.05, 0.1) is 0 Å². The highest BCUT2D eigenvalue weighted by Crippen LogP contribution is 2.18. The van der Waals surface area contributed by atoms with Crippen LogP contribution in [0.2, 0.25) is 0 Å². The molecule has 0 radical (unpaired) electrons. The lowest BCUT2D eigenvalue weighted by atomic mass is 10.0. The summed E-state index contributed by atoms with van der Waals surface area (Å²) in [6.07, 6.45) is 4.42. The van der Waals surface area contributed by atoms with E-state index in [1.165, 1.54) is 12.0 Å². The molecule has 0 bridgehead atoms. The van der Waals surface area contributed by atoms with Crippen molar-refractivity contribution in [2.24, 2.45) is 5.73 Å². The molecule has 1 aromatic carbocycles. The maximum Gasteiger partial charge on any atom is 0.0128 e. The van der Waals surface area contributed by atoms with E-state index < -0.39 is 0 Å². The van der Waals surface area contributed by atoms with Gasteiger partial charge in [0.1, 0.15) is 0 Å². The van der Waals surface area contributed by atoms with Crippen molar-refractivity contribution >= 4 is 22.8 Å². The lowest BCUT2D eigenvalue weighted by Crippen LogP contribution is -1.97. The van der Waals surface area contributed by atoms with E-state index in [1.54, 1.807) is 0 Å². The fraction of sp³-hybridized carbons (Fsp3) is 0.385. The smallest absolute Gasteiger partial charge is 0.0128 e. The molecule has 0 aliphatic heterocycles. The van der Waals surface area contributed by atoms with E-state index in [0.29, 0.717) is 0 Å². The largest absolute Gasteiger partial charge is 0.330 e. The zero-order valence-corrected chi connectivity index (χ0v) is 9.72. The molecule has 1 nitrogen and oxygen atoms in total. The number of allylic oxidation sites excluding steroid dienone is 1. The zero-order chi connectivity index (χ0) is 10.9. The second kappa shape index (κ2) is 7.36. The van der Waals surface area contributed by atoms with Gasteiger partial charge in [-0.05, 0) is 48.6 Å². The van der Waals surface area contributed by atoms with Crippen molar-refractivity contribution in [2.75, 3.05) is 6.54 Å². The van der Waals surface area contributed by atoms with Gasteiger partial charge in [0.25, 0.3) is 0 Å². The lowest BCUT2D eigenvalue weighted by molar-refractivity contribution is 0.701. The Kier molecular flexibility index (Phi) is 5.94. The summed E-state index contributed by atoms with van der Waals surface area (Å²) >= 11 is 4.92. The Morgan fingerprint density at radius 3 is 2.47 bits per heavy atom. The van der Waals surface area contributed by atoms with Gasteiger partial charge in [-0.25, -0.2) is 0 Å². The van der Waals surface area contributed by atoms with E-state index in [4.69, 9.17) is 18.0 Å². The molecule has 0 saturated heterocycles. The summed E-state index contributed by atoms with van der Waals surface area (Å²) in [7, 11) is 0. The Morgan fingerprint density at radius 2 is 1.87 bits per heavy atom. The number of unbranched alkanes of at least 4 members (excludes halogenated alkanes) is 2. The van der Waals surface area contributed by atoms with Crippen LogP contribution in [-0.4, -0.2) is 11.6 Å². The van der Waals surface area contributed by atoms with E-state index in [-0.39, 0.29) is 0 Å². The molecule has 0 amide bonds. The number of hydrogen-bond donors (Lipinski definition) is 1. The van der Waals surface area contributed by atoms with Crippen molar-refractivity contribution in [3.05, 3.63) is 35.9 Å². The van der Waals surface area contributed by atoms with E-state index >= 15 is 0 Å². The average Bonchev–Trinajstić information content (AvgIpc) is 2.30. The topological polar surface area (TPSA) is 26.0 Å². The van der Waals surface area contributed by atoms with Gasteiger partial charge in [0.2, 0.25) is 0 Å². The molecular weight excluding hydrogens is 202 g/mol. The number of rotatable bonds is 6. The molecule has 0 unspecified atom stereocenters. The predicted molar refractivity (Wildman–Crippen MR) is 70.0 cm³/mol. The van der Waals surface area contributed by atoms with Gasteiger partial charge in [0, 0.05) is 5.57 Å². The molecule has 0 atom stereocenters. The Balaban J connectivity index is 2.48. The minimum Gasteiger partial charge on any atom is -0.330 e. The van der Waals surface area contributed by atoms with E-state index in [2.05, 4.69) is 17.2 Å². The highest BCUT2D eigenvalue weighted by atomic mass is 32.1.